The summed E-state index contributed by atoms with van der Waals surface area (Å²) in [6.45, 7) is 4.60. The molecule has 4 rings (SSSR count). The van der Waals surface area contributed by atoms with Gasteiger partial charge in [0, 0.05) is 42.0 Å². The molecule has 0 bridgehead atoms. The van der Waals surface area contributed by atoms with Crippen molar-refractivity contribution in [2.24, 2.45) is 0 Å². The summed E-state index contributed by atoms with van der Waals surface area (Å²) in [4.78, 5) is 3.52. The second-order valence-electron chi connectivity index (χ2n) is 8.34. The predicted octanol–water partition coefficient (Wildman–Crippen LogP) is 3.16. The lowest BCUT2D eigenvalue weighted by Crippen LogP contribution is -2.50. The topological polar surface area (TPSA) is 88.2 Å². The third kappa shape index (κ3) is 4.43. The van der Waals surface area contributed by atoms with Gasteiger partial charge in [-0.15, -0.1) is 11.3 Å². The van der Waals surface area contributed by atoms with Crippen LogP contribution in [0.2, 0.25) is 4.34 Å². The van der Waals surface area contributed by atoms with E-state index in [9.17, 15) is 13.7 Å². The molecule has 1 fully saturated rings. The summed E-state index contributed by atoms with van der Waals surface area (Å²) in [5.74, 6) is -0.163. The SMILES string of the molecule is C[C@H]1C[C@@]2(CCN1Cc1cnn(CCS(C)(=O)=O)c1)OCC(C#N)c1cc(Cl)sc12. The van der Waals surface area contributed by atoms with Crippen molar-refractivity contribution < 1.29 is 13.2 Å². The molecular weight excluding hydrogens is 444 g/mol. The number of piperidine rings is 1. The summed E-state index contributed by atoms with van der Waals surface area (Å²) < 4.78 is 31.4. The van der Waals surface area contributed by atoms with Crippen LogP contribution >= 0.6 is 22.9 Å². The molecule has 0 radical (unpaired) electrons. The lowest BCUT2D eigenvalue weighted by atomic mass is 9.80. The fourth-order valence-electron chi connectivity index (χ4n) is 4.42. The van der Waals surface area contributed by atoms with Gasteiger partial charge in [-0.25, -0.2) is 8.42 Å². The van der Waals surface area contributed by atoms with Crippen LogP contribution in [0.5, 0.6) is 0 Å². The fourth-order valence-corrected chi connectivity index (χ4v) is 6.42. The minimum Gasteiger partial charge on any atom is -0.368 e. The zero-order valence-corrected chi connectivity index (χ0v) is 19.4. The molecule has 2 aromatic rings. The molecule has 2 aliphatic heterocycles. The largest absolute Gasteiger partial charge is 0.368 e. The maximum Gasteiger partial charge on any atom is 0.149 e. The van der Waals surface area contributed by atoms with E-state index < -0.39 is 9.84 Å². The average Bonchev–Trinajstić information content (AvgIpc) is 3.29. The molecule has 0 aromatic carbocycles. The third-order valence-corrected chi connectivity index (χ3v) is 8.41. The number of rotatable bonds is 5. The Bertz CT molecular complexity index is 1070. The first kappa shape index (κ1) is 21.8. The number of aromatic nitrogens is 2. The maximum atomic E-state index is 11.4. The smallest absolute Gasteiger partial charge is 0.149 e. The maximum absolute atomic E-state index is 11.4. The lowest BCUT2D eigenvalue weighted by molar-refractivity contribution is -0.113. The van der Waals surface area contributed by atoms with Crippen molar-refractivity contribution in [1.29, 1.82) is 5.26 Å². The summed E-state index contributed by atoms with van der Waals surface area (Å²) in [6, 6.07) is 4.55. The quantitative estimate of drug-likeness (QED) is 0.669. The van der Waals surface area contributed by atoms with E-state index in [1.807, 2.05) is 18.5 Å². The van der Waals surface area contributed by atoms with Crippen LogP contribution in [0.25, 0.3) is 0 Å². The first-order valence-electron chi connectivity index (χ1n) is 9.95. The number of thiophene rings is 1. The van der Waals surface area contributed by atoms with Crippen LogP contribution in [0.4, 0.5) is 0 Å². The number of halogens is 1. The van der Waals surface area contributed by atoms with Gasteiger partial charge in [0.2, 0.25) is 0 Å². The highest BCUT2D eigenvalue weighted by molar-refractivity contribution is 7.90. The molecule has 1 spiro atoms. The van der Waals surface area contributed by atoms with Gasteiger partial charge in [0.05, 0.1) is 41.4 Å². The number of ether oxygens (including phenoxy) is 1. The number of nitrogens with zero attached hydrogens (tertiary/aromatic N) is 4. The minimum atomic E-state index is -3.01. The second kappa shape index (κ2) is 8.24. The molecule has 1 unspecified atom stereocenters. The average molecular weight is 469 g/mol. The molecule has 2 aromatic heterocycles. The van der Waals surface area contributed by atoms with Crippen molar-refractivity contribution in [3.05, 3.63) is 38.8 Å². The Morgan fingerprint density at radius 1 is 1.50 bits per heavy atom. The van der Waals surface area contributed by atoms with Crippen LogP contribution < -0.4 is 0 Å². The van der Waals surface area contributed by atoms with Crippen molar-refractivity contribution >= 4 is 32.8 Å². The second-order valence-corrected chi connectivity index (χ2v) is 12.3. The van der Waals surface area contributed by atoms with E-state index in [0.29, 0.717) is 17.5 Å². The van der Waals surface area contributed by atoms with Gasteiger partial charge in [-0.1, -0.05) is 11.6 Å². The molecule has 162 valence electrons. The fraction of sp³-hybridized carbons (Fsp3) is 0.600. The molecule has 3 atom stereocenters. The van der Waals surface area contributed by atoms with Crippen LogP contribution in [0.3, 0.4) is 0 Å². The van der Waals surface area contributed by atoms with E-state index in [1.165, 1.54) is 6.26 Å². The van der Waals surface area contributed by atoms with E-state index in [1.54, 1.807) is 16.0 Å². The Hall–Kier alpha value is -1.44. The molecule has 10 heteroatoms. The highest BCUT2D eigenvalue weighted by Gasteiger charge is 2.47. The van der Waals surface area contributed by atoms with Gasteiger partial charge in [-0.3, -0.25) is 9.58 Å². The van der Waals surface area contributed by atoms with Crippen LogP contribution in [0.15, 0.2) is 18.5 Å². The van der Waals surface area contributed by atoms with Gasteiger partial charge in [0.25, 0.3) is 0 Å². The Balaban J connectivity index is 1.44. The Labute approximate surface area is 186 Å². The number of hydrogen-bond acceptors (Lipinski definition) is 7. The lowest BCUT2D eigenvalue weighted by Gasteiger charge is -2.47. The van der Waals surface area contributed by atoms with Crippen molar-refractivity contribution in [3.8, 4) is 6.07 Å². The number of fused-ring (bicyclic) bond motifs is 2. The van der Waals surface area contributed by atoms with E-state index in [4.69, 9.17) is 16.3 Å². The van der Waals surface area contributed by atoms with Gasteiger partial charge < -0.3 is 4.74 Å². The minimum absolute atomic E-state index is 0.0868. The molecule has 0 amide bonds. The summed E-state index contributed by atoms with van der Waals surface area (Å²) in [5, 5.41) is 13.8. The predicted molar refractivity (Wildman–Crippen MR) is 116 cm³/mol. The van der Waals surface area contributed by atoms with E-state index >= 15 is 0 Å². The molecular formula is C20H25ClN4O3S2. The number of nitriles is 1. The molecule has 0 aliphatic carbocycles. The first-order chi connectivity index (χ1) is 14.2. The summed E-state index contributed by atoms with van der Waals surface area (Å²) in [5.41, 5.74) is 1.74. The van der Waals surface area contributed by atoms with Crippen molar-refractivity contribution in [3.63, 3.8) is 0 Å². The summed E-state index contributed by atoms with van der Waals surface area (Å²) in [6.07, 6.45) is 6.67. The zero-order chi connectivity index (χ0) is 21.5. The van der Waals surface area contributed by atoms with E-state index in [2.05, 4.69) is 23.0 Å². The Kier molecular flexibility index (Phi) is 5.99. The van der Waals surface area contributed by atoms with E-state index in [0.717, 1.165) is 41.9 Å². The Morgan fingerprint density at radius 3 is 3.00 bits per heavy atom. The molecule has 7 nitrogen and oxygen atoms in total. The zero-order valence-electron chi connectivity index (χ0n) is 17.0. The van der Waals surface area contributed by atoms with Crippen molar-refractivity contribution in [2.45, 2.75) is 50.4 Å². The molecule has 0 N–H and O–H groups in total. The van der Waals surface area contributed by atoms with Crippen molar-refractivity contribution in [2.75, 3.05) is 25.2 Å². The van der Waals surface area contributed by atoms with Crippen LogP contribution in [-0.4, -0.2) is 54.3 Å². The molecule has 1 saturated heterocycles. The van der Waals surface area contributed by atoms with Gasteiger partial charge >= 0.3 is 0 Å². The number of sulfone groups is 1. The highest BCUT2D eigenvalue weighted by Crippen LogP contribution is 2.50. The van der Waals surface area contributed by atoms with Crippen LogP contribution in [0, 0.1) is 11.3 Å². The standard InChI is InChI=1S/C20H25ClN4O3S2/c1-14-8-20(19-17(7-18(21)29-19)16(9-22)13-28-20)3-4-24(14)11-15-10-23-25(12-15)5-6-30(2,26)27/h7,10,12,14,16H,3-6,8,11,13H2,1-2H3/t14-,16?,20+/m0/s1. The molecule has 2 aliphatic rings. The van der Waals surface area contributed by atoms with Gasteiger partial charge in [0.1, 0.15) is 15.4 Å². The highest BCUT2D eigenvalue weighted by atomic mass is 35.5. The number of aryl methyl sites for hydroxylation is 1. The Morgan fingerprint density at radius 2 is 2.30 bits per heavy atom. The molecule has 4 heterocycles. The molecule has 0 saturated carbocycles. The van der Waals surface area contributed by atoms with E-state index in [-0.39, 0.29) is 23.3 Å². The third-order valence-electron chi connectivity index (χ3n) is 6.02. The summed E-state index contributed by atoms with van der Waals surface area (Å²) in [7, 11) is -3.01. The van der Waals surface area contributed by atoms with Crippen LogP contribution in [0.1, 0.15) is 41.7 Å². The monoisotopic (exact) mass is 468 g/mol. The molecule has 30 heavy (non-hydrogen) atoms. The number of likely N-dealkylation sites (tertiary alicyclic amines) is 1. The number of hydrogen-bond donors (Lipinski definition) is 0. The van der Waals surface area contributed by atoms with Crippen molar-refractivity contribution in [1.82, 2.24) is 14.7 Å². The normalized spacial score (nSPS) is 27.1. The van der Waals surface area contributed by atoms with Crippen LogP contribution in [-0.2, 0) is 33.3 Å². The van der Waals surface area contributed by atoms with Gasteiger partial charge in [-0.05, 0) is 31.4 Å². The first-order valence-corrected chi connectivity index (χ1v) is 13.2. The van der Waals surface area contributed by atoms with Gasteiger partial charge in [0.15, 0.2) is 0 Å². The van der Waals surface area contributed by atoms with Gasteiger partial charge in [-0.2, -0.15) is 10.4 Å². The summed E-state index contributed by atoms with van der Waals surface area (Å²) >= 11 is 7.84.